The summed E-state index contributed by atoms with van der Waals surface area (Å²) in [7, 11) is 0. The quantitative estimate of drug-likeness (QED) is 0.371. The highest BCUT2D eigenvalue weighted by atomic mass is 16.6. The molecule has 0 heterocycles. The molecule has 0 fully saturated rings. The van der Waals surface area contributed by atoms with Crippen LogP contribution in [0.5, 0.6) is 0 Å². The van der Waals surface area contributed by atoms with Crippen molar-refractivity contribution in [3.8, 4) is 0 Å². The zero-order chi connectivity index (χ0) is 3.58. The van der Waals surface area contributed by atoms with Gasteiger partial charge >= 0.3 is 1.43 Å². The molecule has 0 saturated heterocycles. The van der Waals surface area contributed by atoms with E-state index >= 15 is 0 Å². The van der Waals surface area contributed by atoms with Crippen molar-refractivity contribution in [1.82, 2.24) is 0 Å². The molecule has 0 aliphatic rings. The molecule has 0 aliphatic heterocycles. The average Bonchev–Trinajstić information content (AvgIpc) is 0.811. The van der Waals surface area contributed by atoms with Gasteiger partial charge in [-0.2, -0.15) is 0 Å². The number of carboxylic acid groups (broad SMARTS) is 2. The summed E-state index contributed by atoms with van der Waals surface area (Å²) in [5.41, 5.74) is 0. The Kier molecular flexibility index (Phi) is 5.73. The van der Waals surface area contributed by atoms with Gasteiger partial charge in [-0.25, -0.2) is 0 Å². The van der Waals surface area contributed by atoms with E-state index < -0.39 is 6.16 Å². The predicted octanol–water partition coefficient (Wildman–Crippen LogP) is -1.82. The highest BCUT2D eigenvalue weighted by Gasteiger charge is 1.51. The van der Waals surface area contributed by atoms with Gasteiger partial charge in [0.25, 0.3) is 0 Å². The lowest BCUT2D eigenvalue weighted by atomic mass is 11.5. The summed E-state index contributed by atoms with van der Waals surface area (Å²) >= 11 is 0. The van der Waals surface area contributed by atoms with Crippen LogP contribution in [-0.4, -0.2) is 16.7 Å². The van der Waals surface area contributed by atoms with Gasteiger partial charge in [0, 0.05) is 0 Å². The Morgan fingerprint density at radius 3 is 2.00 bits per heavy atom. The van der Waals surface area contributed by atoms with E-state index in [9.17, 15) is 0 Å². The SMILES string of the molecule is O.O=C([O-])O.[H+]. The van der Waals surface area contributed by atoms with Crippen molar-refractivity contribution >= 4 is 6.16 Å². The van der Waals surface area contributed by atoms with Crippen LogP contribution in [0.15, 0.2) is 0 Å². The number of hydrogen-bond acceptors (Lipinski definition) is 2. The molecule has 0 aromatic rings. The molecule has 32 valence electrons. The fraction of sp³-hybridized carbons (Fsp3) is 0. The molecule has 0 rings (SSSR count). The second-order valence-corrected chi connectivity index (χ2v) is 0.266. The standard InChI is InChI=1S/CH2O3.H2O/c2-1(3)4;/h(H2,2,3,4);1H2. The predicted molar refractivity (Wildman–Crippen MR) is 12.8 cm³/mol. The third-order valence-electron chi connectivity index (χ3n) is 0. The molecule has 4 nitrogen and oxygen atoms in total. The van der Waals surface area contributed by atoms with Crippen molar-refractivity contribution in [2.45, 2.75) is 0 Å². The maximum Gasteiger partial charge on any atom is 1.00 e. The molecule has 0 amide bonds. The van der Waals surface area contributed by atoms with Crippen LogP contribution in [-0.2, 0) is 0 Å². The minimum atomic E-state index is -2.08. The van der Waals surface area contributed by atoms with E-state index in [1.54, 1.807) is 0 Å². The Hall–Kier alpha value is -0.770. The van der Waals surface area contributed by atoms with Crippen LogP contribution in [0, 0.1) is 0 Å². The zero-order valence-corrected chi connectivity index (χ0v) is 2.26. The fourth-order valence-corrected chi connectivity index (χ4v) is 0. The van der Waals surface area contributed by atoms with Crippen LogP contribution in [0.2, 0.25) is 0 Å². The third kappa shape index (κ3) is 8.24. The van der Waals surface area contributed by atoms with Crippen LogP contribution >= 0.6 is 0 Å². The molecule has 0 aromatic heterocycles. The highest BCUT2D eigenvalue weighted by molar-refractivity contribution is 5.50. The van der Waals surface area contributed by atoms with Crippen molar-refractivity contribution in [1.29, 1.82) is 0 Å². The maximum atomic E-state index is 8.44. The summed E-state index contributed by atoms with van der Waals surface area (Å²) in [5, 5.41) is 15.3. The van der Waals surface area contributed by atoms with Crippen molar-refractivity contribution < 1.29 is 21.9 Å². The van der Waals surface area contributed by atoms with E-state index in [0.29, 0.717) is 0 Å². The van der Waals surface area contributed by atoms with Gasteiger partial charge in [0.1, 0.15) is 0 Å². The summed E-state index contributed by atoms with van der Waals surface area (Å²) < 4.78 is 0. The Morgan fingerprint density at radius 2 is 2.00 bits per heavy atom. The van der Waals surface area contributed by atoms with Crippen LogP contribution < -0.4 is 5.11 Å². The molecule has 0 aromatic carbocycles. The minimum absolute atomic E-state index is 0. The molecule has 4 heteroatoms. The summed E-state index contributed by atoms with van der Waals surface area (Å²) in [6, 6.07) is 0. The molecule has 5 heavy (non-hydrogen) atoms. The van der Waals surface area contributed by atoms with Crippen molar-refractivity contribution in [3.05, 3.63) is 0 Å². The zero-order valence-electron chi connectivity index (χ0n) is 3.26. The van der Waals surface area contributed by atoms with Gasteiger partial charge in [0.15, 0.2) is 0 Å². The fourth-order valence-electron chi connectivity index (χ4n) is 0. The van der Waals surface area contributed by atoms with Crippen molar-refractivity contribution in [3.63, 3.8) is 0 Å². The van der Waals surface area contributed by atoms with E-state index in [0.717, 1.165) is 0 Å². The van der Waals surface area contributed by atoms with E-state index in [-0.39, 0.29) is 6.90 Å². The maximum absolute atomic E-state index is 8.44. The Bertz CT molecular complexity index is 30.5. The normalized spacial score (nSPS) is 4.80. The summed E-state index contributed by atoms with van der Waals surface area (Å²) in [6.07, 6.45) is -2.08. The number of rotatable bonds is 0. The first kappa shape index (κ1) is 8.87. The first-order chi connectivity index (χ1) is 1.73. The average molecular weight is 80.0 g/mol. The van der Waals surface area contributed by atoms with Crippen LogP contribution in [0.1, 0.15) is 1.43 Å². The van der Waals surface area contributed by atoms with E-state index in [1.807, 2.05) is 0 Å². The first-order valence-corrected chi connectivity index (χ1v) is 0.632. The lowest BCUT2D eigenvalue weighted by Gasteiger charge is -1.74. The van der Waals surface area contributed by atoms with Gasteiger partial charge < -0.3 is 20.5 Å². The van der Waals surface area contributed by atoms with Crippen LogP contribution in [0.3, 0.4) is 0 Å². The van der Waals surface area contributed by atoms with Gasteiger partial charge in [0.2, 0.25) is 6.16 Å². The molecule has 0 aliphatic carbocycles. The van der Waals surface area contributed by atoms with Crippen molar-refractivity contribution in [2.75, 3.05) is 0 Å². The second kappa shape index (κ2) is 3.23. The molecular weight excluding hydrogens is 76.0 g/mol. The minimum Gasteiger partial charge on any atom is -0.565 e. The largest absolute Gasteiger partial charge is 1.00 e. The molecule has 0 unspecified atom stereocenters. The van der Waals surface area contributed by atoms with E-state index in [2.05, 4.69) is 0 Å². The summed E-state index contributed by atoms with van der Waals surface area (Å²) in [4.78, 5) is 8.44. The van der Waals surface area contributed by atoms with Gasteiger partial charge in [-0.1, -0.05) is 0 Å². The molecule has 3 N–H and O–H groups in total. The monoisotopic (exact) mass is 80.0 g/mol. The molecule has 0 spiro atoms. The van der Waals surface area contributed by atoms with Crippen LogP contribution in [0.4, 0.5) is 4.79 Å². The molecule has 0 saturated carbocycles. The molecular formula is CH4O4. The summed E-state index contributed by atoms with van der Waals surface area (Å²) in [6.45, 7) is 0. The number of carbonyl (C=O) groups is 1. The van der Waals surface area contributed by atoms with E-state index in [4.69, 9.17) is 15.0 Å². The molecule has 0 bridgehead atoms. The highest BCUT2D eigenvalue weighted by Crippen LogP contribution is 1.32. The Balaban J connectivity index is -0.0000000450. The summed E-state index contributed by atoms with van der Waals surface area (Å²) in [5.74, 6) is 0. The first-order valence-electron chi connectivity index (χ1n) is 0.632. The van der Waals surface area contributed by atoms with Gasteiger partial charge in [0.05, 0.1) is 0 Å². The van der Waals surface area contributed by atoms with Crippen molar-refractivity contribution in [2.24, 2.45) is 0 Å². The molecule has 0 atom stereocenters. The number of hydrogen-bond donors (Lipinski definition) is 1. The Labute approximate surface area is 29.5 Å². The lowest BCUT2D eigenvalue weighted by Crippen LogP contribution is -2.17. The topological polar surface area (TPSA) is 91.9 Å². The molecule has 0 radical (unpaired) electrons. The Morgan fingerprint density at radius 1 is 2.00 bits per heavy atom. The van der Waals surface area contributed by atoms with Gasteiger partial charge in [-0.15, -0.1) is 0 Å². The van der Waals surface area contributed by atoms with Crippen LogP contribution in [0.25, 0.3) is 0 Å². The van der Waals surface area contributed by atoms with Gasteiger partial charge in [-0.05, 0) is 0 Å². The van der Waals surface area contributed by atoms with E-state index in [1.165, 1.54) is 0 Å². The second-order valence-electron chi connectivity index (χ2n) is 0.266. The third-order valence-corrected chi connectivity index (χ3v) is 0. The van der Waals surface area contributed by atoms with Gasteiger partial charge in [-0.3, -0.25) is 0 Å². The lowest BCUT2D eigenvalue weighted by molar-refractivity contribution is -0.275. The smallest absolute Gasteiger partial charge is 0.565 e.